The summed E-state index contributed by atoms with van der Waals surface area (Å²) in [6.45, 7) is 25.8. The summed E-state index contributed by atoms with van der Waals surface area (Å²) in [5.41, 5.74) is -3.04. The number of rotatable bonds is 6. The number of halogens is 1. The van der Waals surface area contributed by atoms with E-state index in [9.17, 15) is 9.59 Å². The van der Waals surface area contributed by atoms with Crippen molar-refractivity contribution in [3.8, 4) is 0 Å². The molecule has 186 valence electrons. The molecule has 1 saturated heterocycles. The molecule has 1 aliphatic heterocycles. The third-order valence-corrected chi connectivity index (χ3v) is 17.6. The molecule has 0 spiro atoms. The van der Waals surface area contributed by atoms with Crippen molar-refractivity contribution in [2.75, 3.05) is 0 Å². The van der Waals surface area contributed by atoms with Gasteiger partial charge in [-0.05, 0) is 36.3 Å². The van der Waals surface area contributed by atoms with Crippen LogP contribution in [-0.4, -0.2) is 48.9 Å². The summed E-state index contributed by atoms with van der Waals surface area (Å²) in [6.07, 6.45) is 1.86. The van der Waals surface area contributed by atoms with Gasteiger partial charge in [0, 0.05) is 12.3 Å². The summed E-state index contributed by atoms with van der Waals surface area (Å²) in [5, 5.41) is -0.841. The zero-order valence-corrected chi connectivity index (χ0v) is 24.3. The van der Waals surface area contributed by atoms with E-state index in [-0.39, 0.29) is 10.1 Å². The molecule has 1 aliphatic carbocycles. The highest BCUT2D eigenvalue weighted by Gasteiger charge is 2.89. The average Bonchev–Trinajstić information content (AvgIpc) is 3.05. The van der Waals surface area contributed by atoms with E-state index in [0.717, 1.165) is 0 Å². The molecule has 1 N–H and O–H groups in total. The van der Waals surface area contributed by atoms with Gasteiger partial charge in [0.1, 0.15) is 22.7 Å². The maximum atomic E-state index is 12.6. The Bertz CT molecular complexity index is 1050. The Kier molecular flexibility index (Phi) is 6.26. The molecule has 0 radical (unpaired) electrons. The summed E-state index contributed by atoms with van der Waals surface area (Å²) in [7, 11) is -4.56. The fourth-order valence-electron chi connectivity index (χ4n) is 3.97. The maximum Gasteiger partial charge on any atom is 0.330 e. The smallest absolute Gasteiger partial charge is 0.330 e. The van der Waals surface area contributed by atoms with Gasteiger partial charge in [0.25, 0.3) is 5.56 Å². The van der Waals surface area contributed by atoms with Crippen molar-refractivity contribution in [3.63, 3.8) is 0 Å². The topological polar surface area (TPSA) is 82.6 Å². The number of fused-ring (bicyclic) bond motifs is 1. The first-order chi connectivity index (χ1) is 14.8. The van der Waals surface area contributed by atoms with Crippen LogP contribution in [-0.2, 0) is 13.6 Å². The normalized spacial score (nSPS) is 32.5. The highest BCUT2D eigenvalue weighted by atomic mass is 35.5. The van der Waals surface area contributed by atoms with Gasteiger partial charge in [-0.15, -0.1) is 18.2 Å². The van der Waals surface area contributed by atoms with Crippen LogP contribution in [0.25, 0.3) is 0 Å². The number of alkyl halides is 1. The molecule has 1 saturated carbocycles. The van der Waals surface area contributed by atoms with Crippen LogP contribution >= 0.6 is 11.6 Å². The summed E-state index contributed by atoms with van der Waals surface area (Å²) in [5.74, 6) is 0. The minimum Gasteiger partial charge on any atom is -0.407 e. The van der Waals surface area contributed by atoms with Gasteiger partial charge in [0.05, 0.1) is 0 Å². The summed E-state index contributed by atoms with van der Waals surface area (Å²) < 4.78 is 21.7. The molecule has 7 nitrogen and oxygen atoms in total. The van der Waals surface area contributed by atoms with E-state index in [1.807, 2.05) is 0 Å². The van der Waals surface area contributed by atoms with Crippen molar-refractivity contribution in [2.24, 2.45) is 0 Å². The van der Waals surface area contributed by atoms with Crippen molar-refractivity contribution < 1.29 is 13.6 Å². The molecule has 33 heavy (non-hydrogen) atoms. The Balaban J connectivity index is 2.13. The molecular formula is C23H39ClN2O5Si2. The molecule has 2 heterocycles. The molecular weight excluding hydrogens is 476 g/mol. The number of ether oxygens (including phenoxy) is 1. The number of nitrogens with one attached hydrogen (secondary N) is 1. The lowest BCUT2D eigenvalue weighted by atomic mass is 10.1. The number of hydrogen-bond donors (Lipinski definition) is 1. The number of aromatic amines is 1. The van der Waals surface area contributed by atoms with Gasteiger partial charge in [0.2, 0.25) is 0 Å². The third-order valence-electron chi connectivity index (χ3n) is 8.16. The van der Waals surface area contributed by atoms with Crippen LogP contribution in [0.5, 0.6) is 0 Å². The first-order valence-electron chi connectivity index (χ1n) is 11.4. The minimum absolute atomic E-state index is 0.0263. The largest absolute Gasteiger partial charge is 0.407 e. The highest BCUT2D eigenvalue weighted by molar-refractivity contribution is 6.75. The standard InChI is InChI=1S/C23H39ClN2O5Si2/c1-12-22-18(30-32(8,9)20(2,3)4)23(22,31-33(10,11)21(5,6)7)16(24)17(29-22)26-14-13-15(27)25-19(26)28/h12-14,16-18H,1H2,2-11H3,(H,25,27,28)/t16-,17+,18?,22+,23?/m0/s1. The van der Waals surface area contributed by atoms with E-state index in [0.29, 0.717) is 0 Å². The van der Waals surface area contributed by atoms with Crippen molar-refractivity contribution in [1.82, 2.24) is 9.55 Å². The third kappa shape index (κ3) is 3.88. The Hall–Kier alpha value is -0.976. The van der Waals surface area contributed by atoms with E-state index in [1.54, 1.807) is 6.08 Å². The lowest BCUT2D eigenvalue weighted by Crippen LogP contribution is -2.52. The van der Waals surface area contributed by atoms with Gasteiger partial charge >= 0.3 is 5.69 Å². The molecule has 0 aromatic carbocycles. The predicted molar refractivity (Wildman–Crippen MR) is 137 cm³/mol. The van der Waals surface area contributed by atoms with Crippen LogP contribution in [0.3, 0.4) is 0 Å². The maximum absolute atomic E-state index is 12.6. The molecule has 2 aliphatic rings. The molecule has 3 rings (SSSR count). The van der Waals surface area contributed by atoms with Gasteiger partial charge in [0.15, 0.2) is 22.9 Å². The second kappa shape index (κ2) is 7.76. The molecule has 1 aromatic heterocycles. The SMILES string of the molecule is C=C[C@]12O[C@@H](n3ccc(=O)[nH]c3=O)[C@H](Cl)C1(O[Si](C)(C)C(C)(C)C)C2O[Si](C)(C)C(C)(C)C. The number of nitrogens with zero attached hydrogens (tertiary/aromatic N) is 1. The van der Waals surface area contributed by atoms with Crippen LogP contribution in [0.1, 0.15) is 47.8 Å². The molecule has 1 aromatic rings. The lowest BCUT2D eigenvalue weighted by molar-refractivity contribution is -0.0417. The zero-order valence-electron chi connectivity index (χ0n) is 21.5. The van der Waals surface area contributed by atoms with E-state index >= 15 is 0 Å². The van der Waals surface area contributed by atoms with Crippen LogP contribution in [0.2, 0.25) is 36.3 Å². The number of hydrogen-bond acceptors (Lipinski definition) is 5. The lowest BCUT2D eigenvalue weighted by Gasteiger charge is -2.42. The van der Waals surface area contributed by atoms with Gasteiger partial charge in [-0.3, -0.25) is 14.3 Å². The van der Waals surface area contributed by atoms with Gasteiger partial charge in [-0.1, -0.05) is 47.6 Å². The Morgan fingerprint density at radius 1 is 1.12 bits per heavy atom. The van der Waals surface area contributed by atoms with Crippen molar-refractivity contribution >= 4 is 28.2 Å². The Morgan fingerprint density at radius 2 is 1.67 bits per heavy atom. The number of aromatic nitrogens is 2. The Morgan fingerprint density at radius 3 is 2.12 bits per heavy atom. The highest BCUT2D eigenvalue weighted by Crippen LogP contribution is 2.70. The van der Waals surface area contributed by atoms with Gasteiger partial charge in [-0.25, -0.2) is 4.79 Å². The Labute approximate surface area is 203 Å². The first kappa shape index (κ1) is 26.6. The average molecular weight is 515 g/mol. The molecule has 2 fully saturated rings. The monoisotopic (exact) mass is 514 g/mol. The van der Waals surface area contributed by atoms with E-state index in [2.05, 4.69) is 79.3 Å². The first-order valence-corrected chi connectivity index (χ1v) is 17.7. The second-order valence-corrected chi connectivity index (χ2v) is 22.3. The van der Waals surface area contributed by atoms with Crippen molar-refractivity contribution in [2.45, 2.75) is 107 Å². The molecule has 2 unspecified atom stereocenters. The van der Waals surface area contributed by atoms with Crippen LogP contribution in [0.4, 0.5) is 0 Å². The van der Waals surface area contributed by atoms with Crippen LogP contribution < -0.4 is 11.2 Å². The molecule has 0 amide bonds. The van der Waals surface area contributed by atoms with Gasteiger partial charge < -0.3 is 13.6 Å². The van der Waals surface area contributed by atoms with Crippen LogP contribution in [0, 0.1) is 0 Å². The number of H-pyrrole nitrogens is 1. The van der Waals surface area contributed by atoms with Gasteiger partial charge in [-0.2, -0.15) is 0 Å². The summed E-state index contributed by atoms with van der Waals surface area (Å²) in [6, 6.07) is 1.28. The molecule has 10 heteroatoms. The van der Waals surface area contributed by atoms with E-state index < -0.39 is 56.8 Å². The van der Waals surface area contributed by atoms with Crippen LogP contribution in [0.15, 0.2) is 34.5 Å². The molecule has 5 atom stereocenters. The summed E-state index contributed by atoms with van der Waals surface area (Å²) in [4.78, 5) is 26.4. The van der Waals surface area contributed by atoms with Crippen molar-refractivity contribution in [3.05, 3.63) is 45.8 Å². The molecule has 0 bridgehead atoms. The second-order valence-electron chi connectivity index (χ2n) is 12.3. The minimum atomic E-state index is -2.34. The van der Waals surface area contributed by atoms with E-state index in [1.165, 1.54) is 16.8 Å². The fourth-order valence-corrected chi connectivity index (χ4v) is 7.38. The fraction of sp³-hybridized carbons (Fsp3) is 0.739. The summed E-state index contributed by atoms with van der Waals surface area (Å²) >= 11 is 7.14. The zero-order chi connectivity index (χ0) is 25.4. The van der Waals surface area contributed by atoms with Crippen molar-refractivity contribution in [1.29, 1.82) is 0 Å². The predicted octanol–water partition coefficient (Wildman–Crippen LogP) is 4.76. The quantitative estimate of drug-likeness (QED) is 0.336. The van der Waals surface area contributed by atoms with E-state index in [4.69, 9.17) is 25.2 Å².